The van der Waals surface area contributed by atoms with Crippen molar-refractivity contribution in [3.05, 3.63) is 48.4 Å². The molecule has 0 spiro atoms. The average molecular weight is 280 g/mol. The van der Waals surface area contributed by atoms with Crippen molar-refractivity contribution in [1.29, 1.82) is 0 Å². The van der Waals surface area contributed by atoms with Crippen molar-refractivity contribution in [2.45, 2.75) is 19.4 Å². The number of H-pyrrole nitrogens is 1. The van der Waals surface area contributed by atoms with Gasteiger partial charge in [-0.05, 0) is 36.8 Å². The Morgan fingerprint density at radius 3 is 2.67 bits per heavy atom. The highest BCUT2D eigenvalue weighted by Crippen LogP contribution is 2.34. The molecule has 1 N–H and O–H groups in total. The summed E-state index contributed by atoms with van der Waals surface area (Å²) in [5, 5.41) is 7.37. The van der Waals surface area contributed by atoms with E-state index in [1.165, 1.54) is 31.5 Å². The van der Waals surface area contributed by atoms with E-state index in [9.17, 15) is 0 Å². The van der Waals surface area contributed by atoms with Crippen LogP contribution in [0.4, 0.5) is 0 Å². The van der Waals surface area contributed by atoms with Crippen molar-refractivity contribution in [3.8, 4) is 11.3 Å². The van der Waals surface area contributed by atoms with Gasteiger partial charge in [-0.2, -0.15) is 5.10 Å². The molecule has 0 saturated carbocycles. The molecule has 0 aromatic carbocycles. The summed E-state index contributed by atoms with van der Waals surface area (Å²) in [5.41, 5.74) is 3.49. The number of likely N-dealkylation sites (tertiary alicyclic amines) is 1. The number of allylic oxidation sites excluding steroid dienone is 2. The predicted octanol–water partition coefficient (Wildman–Crippen LogP) is 2.87. The van der Waals surface area contributed by atoms with Gasteiger partial charge in [0.05, 0.1) is 11.9 Å². The van der Waals surface area contributed by atoms with Gasteiger partial charge in [-0.1, -0.05) is 12.2 Å². The van der Waals surface area contributed by atoms with Crippen molar-refractivity contribution >= 4 is 0 Å². The Morgan fingerprint density at radius 1 is 1.14 bits per heavy atom. The summed E-state index contributed by atoms with van der Waals surface area (Å²) in [6, 6.07) is 4.05. The SMILES string of the molecule is C1=CCC2CN(Cc3cn[nH]c3-c3cccnc3)CC2C1. The quantitative estimate of drug-likeness (QED) is 0.879. The summed E-state index contributed by atoms with van der Waals surface area (Å²) < 4.78 is 0. The van der Waals surface area contributed by atoms with Gasteiger partial charge in [-0.25, -0.2) is 0 Å². The first-order chi connectivity index (χ1) is 10.4. The maximum absolute atomic E-state index is 4.24. The van der Waals surface area contributed by atoms with Crippen LogP contribution < -0.4 is 0 Å². The highest BCUT2D eigenvalue weighted by atomic mass is 15.2. The Labute approximate surface area is 124 Å². The summed E-state index contributed by atoms with van der Waals surface area (Å²) in [5.74, 6) is 1.70. The predicted molar refractivity (Wildman–Crippen MR) is 82.4 cm³/mol. The molecule has 1 aliphatic carbocycles. The topological polar surface area (TPSA) is 44.8 Å². The molecule has 21 heavy (non-hydrogen) atoms. The molecule has 2 unspecified atom stereocenters. The zero-order valence-corrected chi connectivity index (χ0v) is 12.1. The number of hydrogen-bond donors (Lipinski definition) is 1. The van der Waals surface area contributed by atoms with E-state index in [2.05, 4.69) is 38.3 Å². The maximum Gasteiger partial charge on any atom is 0.0710 e. The van der Waals surface area contributed by atoms with Crippen LogP contribution in [0.5, 0.6) is 0 Å². The maximum atomic E-state index is 4.24. The van der Waals surface area contributed by atoms with Gasteiger partial charge in [-0.15, -0.1) is 0 Å². The van der Waals surface area contributed by atoms with E-state index in [4.69, 9.17) is 0 Å². The van der Waals surface area contributed by atoms with Crippen LogP contribution in [0.2, 0.25) is 0 Å². The normalized spacial score (nSPS) is 25.1. The van der Waals surface area contributed by atoms with Crippen LogP contribution >= 0.6 is 0 Å². The minimum Gasteiger partial charge on any atom is -0.298 e. The monoisotopic (exact) mass is 280 g/mol. The minimum absolute atomic E-state index is 0.851. The second kappa shape index (κ2) is 5.45. The van der Waals surface area contributed by atoms with Crippen molar-refractivity contribution in [3.63, 3.8) is 0 Å². The Bertz CT molecular complexity index is 615. The fraction of sp³-hybridized carbons (Fsp3) is 0.412. The number of aromatic nitrogens is 3. The van der Waals surface area contributed by atoms with Gasteiger partial charge in [0.15, 0.2) is 0 Å². The Hall–Kier alpha value is -1.94. The molecule has 1 saturated heterocycles. The average Bonchev–Trinajstić information content (AvgIpc) is 3.14. The lowest BCUT2D eigenvalue weighted by molar-refractivity contribution is 0.314. The number of pyridine rings is 1. The van der Waals surface area contributed by atoms with Gasteiger partial charge < -0.3 is 0 Å². The highest BCUT2D eigenvalue weighted by Gasteiger charge is 2.32. The van der Waals surface area contributed by atoms with Gasteiger partial charge >= 0.3 is 0 Å². The number of rotatable bonds is 3. The van der Waals surface area contributed by atoms with E-state index in [0.29, 0.717) is 0 Å². The van der Waals surface area contributed by atoms with E-state index in [0.717, 1.165) is 29.6 Å². The van der Waals surface area contributed by atoms with Gasteiger partial charge in [0.1, 0.15) is 0 Å². The molecule has 4 rings (SSSR count). The molecule has 3 heterocycles. The third kappa shape index (κ3) is 2.51. The van der Waals surface area contributed by atoms with Crippen LogP contribution in [-0.4, -0.2) is 33.2 Å². The molecule has 1 aliphatic heterocycles. The lowest BCUT2D eigenvalue weighted by Gasteiger charge is -2.18. The van der Waals surface area contributed by atoms with Crippen LogP contribution in [-0.2, 0) is 6.54 Å². The van der Waals surface area contributed by atoms with E-state index in [-0.39, 0.29) is 0 Å². The number of nitrogens with one attached hydrogen (secondary N) is 1. The van der Waals surface area contributed by atoms with E-state index < -0.39 is 0 Å². The standard InChI is InChI=1S/C17H20N4/c1-2-5-15-11-21(10-14(15)4-1)12-16-9-19-20-17(16)13-6-3-7-18-8-13/h1-3,6-9,14-15H,4-5,10-12H2,(H,19,20). The number of fused-ring (bicyclic) bond motifs is 1. The van der Waals surface area contributed by atoms with Crippen LogP contribution in [0.1, 0.15) is 18.4 Å². The zero-order chi connectivity index (χ0) is 14.1. The van der Waals surface area contributed by atoms with Gasteiger partial charge in [0, 0.05) is 43.2 Å². The van der Waals surface area contributed by atoms with Gasteiger partial charge in [0.2, 0.25) is 0 Å². The molecule has 0 radical (unpaired) electrons. The summed E-state index contributed by atoms with van der Waals surface area (Å²) in [6.07, 6.45) is 12.9. The summed E-state index contributed by atoms with van der Waals surface area (Å²) in [6.45, 7) is 3.41. The highest BCUT2D eigenvalue weighted by molar-refractivity contribution is 5.61. The Kier molecular flexibility index (Phi) is 3.31. The molecule has 2 aromatic heterocycles. The minimum atomic E-state index is 0.851. The first kappa shape index (κ1) is 12.8. The van der Waals surface area contributed by atoms with E-state index >= 15 is 0 Å². The molecule has 2 aromatic rings. The fourth-order valence-corrected chi connectivity index (χ4v) is 3.67. The molecule has 1 fully saturated rings. The largest absolute Gasteiger partial charge is 0.298 e. The molecular weight excluding hydrogens is 260 g/mol. The molecule has 108 valence electrons. The van der Waals surface area contributed by atoms with Crippen molar-refractivity contribution in [2.24, 2.45) is 11.8 Å². The molecular formula is C17H20N4. The van der Waals surface area contributed by atoms with Crippen LogP contribution in [0.15, 0.2) is 42.9 Å². The third-order valence-electron chi connectivity index (χ3n) is 4.76. The molecule has 4 heteroatoms. The first-order valence-electron chi connectivity index (χ1n) is 7.70. The Morgan fingerprint density at radius 2 is 1.95 bits per heavy atom. The van der Waals surface area contributed by atoms with Gasteiger partial charge in [-0.3, -0.25) is 15.0 Å². The molecule has 2 atom stereocenters. The molecule has 0 bridgehead atoms. The Balaban J connectivity index is 1.50. The van der Waals surface area contributed by atoms with E-state index in [1.807, 2.05) is 18.5 Å². The number of nitrogens with zero attached hydrogens (tertiary/aromatic N) is 3. The van der Waals surface area contributed by atoms with Crippen molar-refractivity contribution < 1.29 is 0 Å². The van der Waals surface area contributed by atoms with E-state index in [1.54, 1.807) is 6.20 Å². The summed E-state index contributed by atoms with van der Waals surface area (Å²) in [4.78, 5) is 6.78. The molecule has 0 amide bonds. The second-order valence-electron chi connectivity index (χ2n) is 6.17. The molecule has 4 nitrogen and oxygen atoms in total. The van der Waals surface area contributed by atoms with Crippen LogP contribution in [0.3, 0.4) is 0 Å². The number of hydrogen-bond acceptors (Lipinski definition) is 3. The summed E-state index contributed by atoms with van der Waals surface area (Å²) >= 11 is 0. The molecule has 2 aliphatic rings. The fourth-order valence-electron chi connectivity index (χ4n) is 3.67. The van der Waals surface area contributed by atoms with Crippen LogP contribution in [0, 0.1) is 11.8 Å². The van der Waals surface area contributed by atoms with Gasteiger partial charge in [0.25, 0.3) is 0 Å². The summed E-state index contributed by atoms with van der Waals surface area (Å²) in [7, 11) is 0. The van der Waals surface area contributed by atoms with Crippen molar-refractivity contribution in [2.75, 3.05) is 13.1 Å². The zero-order valence-electron chi connectivity index (χ0n) is 12.1. The van der Waals surface area contributed by atoms with Crippen LogP contribution in [0.25, 0.3) is 11.3 Å². The first-order valence-corrected chi connectivity index (χ1v) is 7.70. The number of aromatic amines is 1. The lowest BCUT2D eigenvalue weighted by Crippen LogP contribution is -2.20. The van der Waals surface area contributed by atoms with Crippen molar-refractivity contribution in [1.82, 2.24) is 20.1 Å². The smallest absolute Gasteiger partial charge is 0.0710 e. The lowest BCUT2D eigenvalue weighted by atomic mass is 9.86. The third-order valence-corrected chi connectivity index (χ3v) is 4.76. The second-order valence-corrected chi connectivity index (χ2v) is 6.17.